The molecule has 0 radical (unpaired) electrons. The van der Waals surface area contributed by atoms with Crippen LogP contribution in [0, 0.1) is 12.8 Å². The van der Waals surface area contributed by atoms with Crippen molar-refractivity contribution in [1.29, 1.82) is 0 Å². The van der Waals surface area contributed by atoms with Crippen LogP contribution < -0.4 is 0 Å². The highest BCUT2D eigenvalue weighted by atomic mass is 32.2. The van der Waals surface area contributed by atoms with Gasteiger partial charge in [-0.3, -0.25) is 4.79 Å². The van der Waals surface area contributed by atoms with Crippen LogP contribution in [-0.4, -0.2) is 50.2 Å². The first-order valence-corrected chi connectivity index (χ1v) is 8.81. The van der Waals surface area contributed by atoms with Gasteiger partial charge >= 0.3 is 0 Å². The molecule has 0 saturated heterocycles. The Labute approximate surface area is 133 Å². The average molecular weight is 330 g/mol. The third-order valence-corrected chi connectivity index (χ3v) is 5.82. The number of furan rings is 1. The van der Waals surface area contributed by atoms with Crippen molar-refractivity contribution in [2.75, 3.05) is 20.6 Å². The molecule has 0 bridgehead atoms. The number of hydrogen-bond acceptors (Lipinski definition) is 4. The Morgan fingerprint density at radius 1 is 1.27 bits per heavy atom. The van der Waals surface area contributed by atoms with E-state index in [0.29, 0.717) is 12.5 Å². The number of nitrogens with zero attached hydrogens (tertiary/aromatic N) is 2. The quantitative estimate of drug-likeness (QED) is 0.803. The lowest BCUT2D eigenvalue weighted by atomic mass is 10.0. The first-order chi connectivity index (χ1) is 10.0. The summed E-state index contributed by atoms with van der Waals surface area (Å²) in [6, 6.07) is 1.36. The lowest BCUT2D eigenvalue weighted by Gasteiger charge is -2.30. The van der Waals surface area contributed by atoms with Gasteiger partial charge in [0, 0.05) is 32.7 Å². The Hall–Kier alpha value is -1.34. The van der Waals surface area contributed by atoms with Gasteiger partial charge in [-0.15, -0.1) is 0 Å². The monoisotopic (exact) mass is 330 g/mol. The van der Waals surface area contributed by atoms with Crippen LogP contribution >= 0.6 is 0 Å². The summed E-state index contributed by atoms with van der Waals surface area (Å²) < 4.78 is 31.0. The second-order valence-corrected chi connectivity index (χ2v) is 8.01. The SMILES string of the molecule is CCN(C(=O)c1cc(S(=O)(=O)N(C)C)c(C)o1)C(C)C(C)C. The summed E-state index contributed by atoms with van der Waals surface area (Å²) in [6.45, 7) is 10.0. The molecule has 0 aliphatic rings. The first-order valence-electron chi connectivity index (χ1n) is 7.37. The molecular weight excluding hydrogens is 304 g/mol. The fourth-order valence-corrected chi connectivity index (χ4v) is 3.20. The smallest absolute Gasteiger partial charge is 0.289 e. The van der Waals surface area contributed by atoms with Gasteiger partial charge in [0.25, 0.3) is 5.91 Å². The molecule has 1 unspecified atom stereocenters. The summed E-state index contributed by atoms with van der Waals surface area (Å²) in [5, 5.41) is 0. The van der Waals surface area contributed by atoms with Crippen LogP contribution in [0.1, 0.15) is 44.0 Å². The van der Waals surface area contributed by atoms with Gasteiger partial charge in [0.05, 0.1) is 0 Å². The lowest BCUT2D eigenvalue weighted by molar-refractivity contribution is 0.0626. The highest BCUT2D eigenvalue weighted by Crippen LogP contribution is 2.24. The predicted octanol–water partition coefficient (Wildman–Crippen LogP) is 2.34. The van der Waals surface area contributed by atoms with E-state index >= 15 is 0 Å². The Kier molecular flexibility index (Phi) is 5.81. The summed E-state index contributed by atoms with van der Waals surface area (Å²) in [5.41, 5.74) is 0. The van der Waals surface area contributed by atoms with Crippen molar-refractivity contribution in [3.8, 4) is 0 Å². The molecule has 1 aromatic rings. The molecule has 22 heavy (non-hydrogen) atoms. The zero-order valence-electron chi connectivity index (χ0n) is 14.4. The number of sulfonamides is 1. The number of carbonyl (C=O) groups excluding carboxylic acids is 1. The maximum atomic E-state index is 12.6. The molecule has 1 heterocycles. The van der Waals surface area contributed by atoms with Crippen LogP contribution in [0.4, 0.5) is 0 Å². The first kappa shape index (κ1) is 18.7. The van der Waals surface area contributed by atoms with Crippen LogP contribution in [0.5, 0.6) is 0 Å². The van der Waals surface area contributed by atoms with E-state index in [1.165, 1.54) is 20.2 Å². The predicted molar refractivity (Wildman–Crippen MR) is 85.3 cm³/mol. The fraction of sp³-hybridized carbons (Fsp3) is 0.667. The maximum absolute atomic E-state index is 12.6. The standard InChI is InChI=1S/C15H26N2O4S/c1-8-17(11(4)10(2)3)15(18)13-9-14(12(5)21-13)22(19,20)16(6)7/h9-11H,8H2,1-7H3. The minimum Gasteiger partial charge on any atom is -0.455 e. The Balaban J connectivity index is 3.22. The van der Waals surface area contributed by atoms with Gasteiger partial charge in [-0.25, -0.2) is 12.7 Å². The Morgan fingerprint density at radius 2 is 1.82 bits per heavy atom. The minimum absolute atomic E-state index is 0.0362. The van der Waals surface area contributed by atoms with Crippen molar-refractivity contribution in [3.05, 3.63) is 17.6 Å². The van der Waals surface area contributed by atoms with E-state index < -0.39 is 10.0 Å². The minimum atomic E-state index is -3.62. The molecule has 0 aromatic carbocycles. The molecule has 1 atom stereocenters. The molecule has 126 valence electrons. The van der Waals surface area contributed by atoms with Gasteiger partial charge in [0.15, 0.2) is 5.76 Å². The molecule has 0 N–H and O–H groups in total. The Morgan fingerprint density at radius 3 is 2.23 bits per heavy atom. The van der Waals surface area contributed by atoms with E-state index in [-0.39, 0.29) is 28.4 Å². The summed E-state index contributed by atoms with van der Waals surface area (Å²) >= 11 is 0. The fourth-order valence-electron chi connectivity index (χ4n) is 2.14. The van der Waals surface area contributed by atoms with Gasteiger partial charge in [-0.1, -0.05) is 13.8 Å². The molecule has 0 spiro atoms. The lowest BCUT2D eigenvalue weighted by Crippen LogP contribution is -2.41. The Bertz CT molecular complexity index is 632. The van der Waals surface area contributed by atoms with Gasteiger partial charge in [-0.05, 0) is 26.7 Å². The summed E-state index contributed by atoms with van der Waals surface area (Å²) in [6.07, 6.45) is 0. The highest BCUT2D eigenvalue weighted by Gasteiger charge is 2.29. The van der Waals surface area contributed by atoms with E-state index in [2.05, 4.69) is 0 Å². The average Bonchev–Trinajstić information content (AvgIpc) is 2.81. The molecule has 0 aliphatic heterocycles. The van der Waals surface area contributed by atoms with E-state index in [9.17, 15) is 13.2 Å². The van der Waals surface area contributed by atoms with Gasteiger partial charge in [0.1, 0.15) is 10.7 Å². The highest BCUT2D eigenvalue weighted by molar-refractivity contribution is 7.89. The van der Waals surface area contributed by atoms with Crippen LogP contribution in [0.25, 0.3) is 0 Å². The normalized spacial score (nSPS) is 13.7. The third kappa shape index (κ3) is 3.52. The van der Waals surface area contributed by atoms with Crippen molar-refractivity contribution in [2.45, 2.75) is 45.6 Å². The van der Waals surface area contributed by atoms with Crippen LogP contribution in [0.3, 0.4) is 0 Å². The number of aryl methyl sites for hydroxylation is 1. The number of carbonyl (C=O) groups is 1. The van der Waals surface area contributed by atoms with Gasteiger partial charge in [-0.2, -0.15) is 0 Å². The number of amides is 1. The largest absolute Gasteiger partial charge is 0.455 e. The summed E-state index contributed by atoms with van der Waals surface area (Å²) in [7, 11) is -0.727. The zero-order valence-corrected chi connectivity index (χ0v) is 15.2. The van der Waals surface area contributed by atoms with Crippen LogP contribution in [0.2, 0.25) is 0 Å². The number of hydrogen-bond donors (Lipinski definition) is 0. The van der Waals surface area contributed by atoms with Crippen molar-refractivity contribution in [3.63, 3.8) is 0 Å². The topological polar surface area (TPSA) is 70.8 Å². The third-order valence-electron chi connectivity index (χ3n) is 3.90. The second-order valence-electron chi connectivity index (χ2n) is 5.89. The molecule has 6 nitrogen and oxygen atoms in total. The van der Waals surface area contributed by atoms with Crippen molar-refractivity contribution in [2.24, 2.45) is 5.92 Å². The molecule has 1 aromatic heterocycles. The van der Waals surface area contributed by atoms with E-state index in [1.807, 2.05) is 27.7 Å². The van der Waals surface area contributed by atoms with Crippen molar-refractivity contribution < 1.29 is 17.6 Å². The number of rotatable bonds is 6. The van der Waals surface area contributed by atoms with E-state index in [1.54, 1.807) is 11.8 Å². The maximum Gasteiger partial charge on any atom is 0.289 e. The molecule has 7 heteroatoms. The summed E-state index contributed by atoms with van der Waals surface area (Å²) in [5.74, 6) is 0.300. The molecule has 0 fully saturated rings. The van der Waals surface area contributed by atoms with Crippen LogP contribution in [-0.2, 0) is 10.0 Å². The molecule has 1 amide bonds. The van der Waals surface area contributed by atoms with E-state index in [4.69, 9.17) is 4.42 Å². The van der Waals surface area contributed by atoms with E-state index in [0.717, 1.165) is 4.31 Å². The molecule has 0 saturated carbocycles. The zero-order chi connectivity index (χ0) is 17.2. The van der Waals surface area contributed by atoms with Gasteiger partial charge < -0.3 is 9.32 Å². The van der Waals surface area contributed by atoms with Crippen LogP contribution in [0.15, 0.2) is 15.4 Å². The second kappa shape index (κ2) is 6.83. The van der Waals surface area contributed by atoms with Crippen molar-refractivity contribution >= 4 is 15.9 Å². The molecule has 0 aliphatic carbocycles. The van der Waals surface area contributed by atoms with Gasteiger partial charge in [0.2, 0.25) is 10.0 Å². The van der Waals surface area contributed by atoms with Crippen molar-refractivity contribution in [1.82, 2.24) is 9.21 Å². The molecule has 1 rings (SSSR count). The summed E-state index contributed by atoms with van der Waals surface area (Å²) in [4.78, 5) is 14.3. The molecular formula is C15H26N2O4S.